The molecule has 1 unspecified atom stereocenters. The van der Waals surface area contributed by atoms with Crippen molar-refractivity contribution in [2.75, 3.05) is 19.8 Å². The van der Waals surface area contributed by atoms with Gasteiger partial charge in [0.15, 0.2) is 0 Å². The van der Waals surface area contributed by atoms with E-state index in [0.717, 1.165) is 19.0 Å². The van der Waals surface area contributed by atoms with Crippen molar-refractivity contribution in [2.45, 2.75) is 6.04 Å². The summed E-state index contributed by atoms with van der Waals surface area (Å²) in [6.07, 6.45) is 0. The number of para-hydroxylation sites is 1. The second kappa shape index (κ2) is 4.09. The number of benzene rings is 1. The maximum atomic E-state index is 13.7. The quantitative estimate of drug-likeness (QED) is 0.811. The van der Waals surface area contributed by atoms with Crippen LogP contribution in [0.15, 0.2) is 18.2 Å². The lowest BCUT2D eigenvalue weighted by atomic mass is 10.2. The zero-order valence-electron chi connectivity index (χ0n) is 9.61. The van der Waals surface area contributed by atoms with Crippen molar-refractivity contribution in [3.63, 3.8) is 0 Å². The zero-order chi connectivity index (χ0) is 11.8. The fourth-order valence-electron chi connectivity index (χ4n) is 2.28. The van der Waals surface area contributed by atoms with Gasteiger partial charge in [0, 0.05) is 13.6 Å². The lowest BCUT2D eigenvalue weighted by Gasteiger charge is -2.23. The Morgan fingerprint density at radius 2 is 2.41 bits per heavy atom. The van der Waals surface area contributed by atoms with E-state index in [0.29, 0.717) is 17.6 Å². The van der Waals surface area contributed by atoms with Crippen LogP contribution in [0.5, 0.6) is 0 Å². The summed E-state index contributed by atoms with van der Waals surface area (Å²) in [6.45, 7) is 2.10. The first kappa shape index (κ1) is 10.7. The Hall–Kier alpha value is -1.46. The predicted octanol–water partition coefficient (Wildman–Crippen LogP) is 1.37. The van der Waals surface area contributed by atoms with Crippen LogP contribution in [0.25, 0.3) is 11.0 Å². The van der Waals surface area contributed by atoms with Gasteiger partial charge in [-0.1, -0.05) is 6.07 Å². The van der Waals surface area contributed by atoms with Crippen molar-refractivity contribution >= 4 is 11.0 Å². The standard InChI is InChI=1S/C12H14FN3O/c1-16-11-8(13)3-2-4-9(11)15-12(16)10-7-17-6-5-14-10/h2-4,10,14H,5-7H2,1H3. The molecule has 90 valence electrons. The van der Waals surface area contributed by atoms with E-state index in [1.54, 1.807) is 10.6 Å². The van der Waals surface area contributed by atoms with E-state index in [-0.39, 0.29) is 11.9 Å². The Labute approximate surface area is 98.4 Å². The minimum absolute atomic E-state index is 0.0422. The highest BCUT2D eigenvalue weighted by Gasteiger charge is 2.22. The second-order valence-electron chi connectivity index (χ2n) is 4.22. The van der Waals surface area contributed by atoms with E-state index < -0.39 is 0 Å². The number of aromatic nitrogens is 2. The molecule has 4 nitrogen and oxygen atoms in total. The highest BCUT2D eigenvalue weighted by Crippen LogP contribution is 2.22. The van der Waals surface area contributed by atoms with Crippen LogP contribution in [0, 0.1) is 5.82 Å². The van der Waals surface area contributed by atoms with Crippen LogP contribution in [0.1, 0.15) is 11.9 Å². The van der Waals surface area contributed by atoms with E-state index in [1.165, 1.54) is 6.07 Å². The zero-order valence-corrected chi connectivity index (χ0v) is 9.61. The Kier molecular flexibility index (Phi) is 2.57. The van der Waals surface area contributed by atoms with E-state index >= 15 is 0 Å². The molecule has 1 aromatic carbocycles. The summed E-state index contributed by atoms with van der Waals surface area (Å²) in [5.41, 5.74) is 1.24. The average molecular weight is 235 g/mol. The van der Waals surface area contributed by atoms with Gasteiger partial charge in [-0.2, -0.15) is 0 Å². The Morgan fingerprint density at radius 1 is 1.53 bits per heavy atom. The monoisotopic (exact) mass is 235 g/mol. The van der Waals surface area contributed by atoms with Gasteiger partial charge in [-0.15, -0.1) is 0 Å². The largest absolute Gasteiger partial charge is 0.378 e. The van der Waals surface area contributed by atoms with Crippen molar-refractivity contribution in [3.8, 4) is 0 Å². The van der Waals surface area contributed by atoms with Crippen molar-refractivity contribution < 1.29 is 9.13 Å². The summed E-state index contributed by atoms with van der Waals surface area (Å²) >= 11 is 0. The number of nitrogens with one attached hydrogen (secondary N) is 1. The third-order valence-electron chi connectivity index (χ3n) is 3.11. The van der Waals surface area contributed by atoms with Gasteiger partial charge in [0.2, 0.25) is 0 Å². The minimum Gasteiger partial charge on any atom is -0.378 e. The molecular formula is C12H14FN3O. The molecule has 1 saturated heterocycles. The molecule has 0 saturated carbocycles. The number of halogens is 1. The number of imidazole rings is 1. The molecule has 0 aliphatic carbocycles. The first-order chi connectivity index (χ1) is 8.27. The predicted molar refractivity (Wildman–Crippen MR) is 62.2 cm³/mol. The van der Waals surface area contributed by atoms with E-state index in [9.17, 15) is 4.39 Å². The SMILES string of the molecule is Cn1c(C2COCCN2)nc2cccc(F)c21. The molecular weight excluding hydrogens is 221 g/mol. The van der Waals surface area contributed by atoms with Crippen LogP contribution in [0.2, 0.25) is 0 Å². The number of rotatable bonds is 1. The first-order valence-electron chi connectivity index (χ1n) is 5.69. The lowest BCUT2D eigenvalue weighted by Crippen LogP contribution is -2.36. The molecule has 0 bridgehead atoms. The normalized spacial score (nSPS) is 20.9. The fraction of sp³-hybridized carbons (Fsp3) is 0.417. The Morgan fingerprint density at radius 3 is 3.12 bits per heavy atom. The van der Waals surface area contributed by atoms with Crippen molar-refractivity contribution in [2.24, 2.45) is 7.05 Å². The number of morpholine rings is 1. The number of nitrogens with zero attached hydrogens (tertiary/aromatic N) is 2. The summed E-state index contributed by atoms with van der Waals surface area (Å²) in [7, 11) is 1.84. The van der Waals surface area contributed by atoms with Crippen LogP contribution < -0.4 is 5.32 Å². The molecule has 0 spiro atoms. The van der Waals surface area contributed by atoms with Gasteiger partial charge in [-0.05, 0) is 12.1 Å². The van der Waals surface area contributed by atoms with Gasteiger partial charge >= 0.3 is 0 Å². The van der Waals surface area contributed by atoms with Crippen LogP contribution >= 0.6 is 0 Å². The molecule has 1 N–H and O–H groups in total. The molecule has 0 amide bonds. The number of fused-ring (bicyclic) bond motifs is 1. The van der Waals surface area contributed by atoms with E-state index in [2.05, 4.69) is 10.3 Å². The van der Waals surface area contributed by atoms with Crippen LogP contribution in [-0.2, 0) is 11.8 Å². The van der Waals surface area contributed by atoms with Gasteiger partial charge in [0.1, 0.15) is 17.2 Å². The second-order valence-corrected chi connectivity index (χ2v) is 4.22. The topological polar surface area (TPSA) is 39.1 Å². The van der Waals surface area contributed by atoms with Gasteiger partial charge < -0.3 is 14.6 Å². The Balaban J connectivity index is 2.10. The molecule has 1 atom stereocenters. The number of hydrogen-bond acceptors (Lipinski definition) is 3. The van der Waals surface area contributed by atoms with Gasteiger partial charge in [-0.3, -0.25) is 0 Å². The third-order valence-corrected chi connectivity index (χ3v) is 3.11. The average Bonchev–Trinajstić information content (AvgIpc) is 2.69. The van der Waals surface area contributed by atoms with Gasteiger partial charge in [-0.25, -0.2) is 9.37 Å². The molecule has 17 heavy (non-hydrogen) atoms. The molecule has 5 heteroatoms. The summed E-state index contributed by atoms with van der Waals surface area (Å²) in [6, 6.07) is 5.00. The van der Waals surface area contributed by atoms with Crippen LogP contribution in [0.4, 0.5) is 4.39 Å². The number of aryl methyl sites for hydroxylation is 1. The minimum atomic E-state index is -0.236. The summed E-state index contributed by atoms with van der Waals surface area (Å²) in [4.78, 5) is 4.48. The lowest BCUT2D eigenvalue weighted by molar-refractivity contribution is 0.0735. The summed E-state index contributed by atoms with van der Waals surface area (Å²) < 4.78 is 20.9. The van der Waals surface area contributed by atoms with Crippen LogP contribution in [0.3, 0.4) is 0 Å². The number of ether oxygens (including phenoxy) is 1. The molecule has 1 aliphatic heterocycles. The van der Waals surface area contributed by atoms with Crippen LogP contribution in [-0.4, -0.2) is 29.3 Å². The maximum Gasteiger partial charge on any atom is 0.149 e. The molecule has 2 aromatic rings. The molecule has 0 radical (unpaired) electrons. The van der Waals surface area contributed by atoms with E-state index in [4.69, 9.17) is 4.74 Å². The van der Waals surface area contributed by atoms with Gasteiger partial charge in [0.05, 0.1) is 24.8 Å². The first-order valence-corrected chi connectivity index (χ1v) is 5.69. The summed E-state index contributed by atoms with van der Waals surface area (Å²) in [5, 5.41) is 3.33. The molecule has 1 aliphatic rings. The number of hydrogen-bond donors (Lipinski definition) is 1. The maximum absolute atomic E-state index is 13.7. The van der Waals surface area contributed by atoms with Crippen molar-refractivity contribution in [1.29, 1.82) is 0 Å². The highest BCUT2D eigenvalue weighted by atomic mass is 19.1. The van der Waals surface area contributed by atoms with Crippen molar-refractivity contribution in [3.05, 3.63) is 29.8 Å². The molecule has 1 aromatic heterocycles. The molecule has 3 rings (SSSR count). The van der Waals surface area contributed by atoms with Crippen molar-refractivity contribution in [1.82, 2.24) is 14.9 Å². The third kappa shape index (κ3) is 1.71. The smallest absolute Gasteiger partial charge is 0.149 e. The highest BCUT2D eigenvalue weighted by molar-refractivity contribution is 5.76. The Bertz CT molecular complexity index is 546. The van der Waals surface area contributed by atoms with Gasteiger partial charge in [0.25, 0.3) is 0 Å². The molecule has 2 heterocycles. The summed E-state index contributed by atoms with van der Waals surface area (Å²) in [5.74, 6) is 0.588. The molecule has 1 fully saturated rings. The fourth-order valence-corrected chi connectivity index (χ4v) is 2.28. The van der Waals surface area contributed by atoms with E-state index in [1.807, 2.05) is 13.1 Å².